The Bertz CT molecular complexity index is 526. The molecule has 4 nitrogen and oxygen atoms in total. The lowest BCUT2D eigenvalue weighted by molar-refractivity contribution is 0.102. The van der Waals surface area contributed by atoms with Crippen LogP contribution in [0.25, 0.3) is 0 Å². The van der Waals surface area contributed by atoms with Gasteiger partial charge < -0.3 is 5.32 Å². The van der Waals surface area contributed by atoms with Gasteiger partial charge in [0.05, 0.1) is 9.48 Å². The average molecular weight is 298 g/mol. The van der Waals surface area contributed by atoms with E-state index in [0.29, 0.717) is 11.5 Å². The first-order chi connectivity index (χ1) is 7.66. The first kappa shape index (κ1) is 11.2. The van der Waals surface area contributed by atoms with Gasteiger partial charge in [-0.1, -0.05) is 0 Å². The smallest absolute Gasteiger partial charge is 0.276 e. The zero-order valence-corrected chi connectivity index (χ0v) is 10.8. The van der Waals surface area contributed by atoms with Crippen molar-refractivity contribution in [1.29, 1.82) is 0 Å². The second-order valence-electron chi connectivity index (χ2n) is 3.04. The number of nitrogens with one attached hydrogen (secondary N) is 1. The number of pyridine rings is 1. The predicted molar refractivity (Wildman–Crippen MR) is 66.7 cm³/mol. The first-order valence-corrected chi connectivity index (χ1v) is 6.18. The summed E-state index contributed by atoms with van der Waals surface area (Å²) in [4.78, 5) is 19.9. The highest BCUT2D eigenvalue weighted by molar-refractivity contribution is 9.10. The molecule has 0 unspecified atom stereocenters. The molecule has 82 valence electrons. The lowest BCUT2D eigenvalue weighted by Crippen LogP contribution is -2.13. The van der Waals surface area contributed by atoms with Gasteiger partial charge in [0, 0.05) is 11.6 Å². The number of aryl methyl sites for hydroxylation is 1. The molecule has 0 radical (unpaired) electrons. The fourth-order valence-electron chi connectivity index (χ4n) is 1.12. The molecule has 0 saturated heterocycles. The number of carbonyl (C=O) groups excluding carboxylic acids is 1. The van der Waals surface area contributed by atoms with Crippen LogP contribution in [-0.4, -0.2) is 15.9 Å². The minimum absolute atomic E-state index is 0.247. The van der Waals surface area contributed by atoms with Crippen molar-refractivity contribution in [3.63, 3.8) is 0 Å². The molecule has 2 aromatic heterocycles. The normalized spacial score (nSPS) is 10.1. The van der Waals surface area contributed by atoms with Crippen molar-refractivity contribution in [2.75, 3.05) is 5.32 Å². The molecule has 2 heterocycles. The van der Waals surface area contributed by atoms with Gasteiger partial charge in [-0.05, 0) is 35.0 Å². The van der Waals surface area contributed by atoms with Gasteiger partial charge in [-0.2, -0.15) is 0 Å². The van der Waals surface area contributed by atoms with E-state index in [-0.39, 0.29) is 5.91 Å². The van der Waals surface area contributed by atoms with E-state index in [0.717, 1.165) is 9.48 Å². The van der Waals surface area contributed by atoms with Crippen LogP contribution in [0.4, 0.5) is 5.82 Å². The summed E-state index contributed by atoms with van der Waals surface area (Å²) in [5, 5.41) is 5.28. The predicted octanol–water partition coefficient (Wildman–Crippen LogP) is 2.86. The molecule has 0 aliphatic carbocycles. The Labute approximate surface area is 105 Å². The maximum Gasteiger partial charge on any atom is 0.276 e. The molecule has 0 saturated carbocycles. The number of anilines is 1. The van der Waals surface area contributed by atoms with E-state index in [4.69, 9.17) is 0 Å². The van der Waals surface area contributed by atoms with Crippen molar-refractivity contribution in [2.24, 2.45) is 0 Å². The van der Waals surface area contributed by atoms with Gasteiger partial charge >= 0.3 is 0 Å². The van der Waals surface area contributed by atoms with Crippen LogP contribution in [-0.2, 0) is 0 Å². The van der Waals surface area contributed by atoms with Gasteiger partial charge in [0.1, 0.15) is 11.5 Å². The van der Waals surface area contributed by atoms with Crippen LogP contribution in [0.15, 0.2) is 28.2 Å². The summed E-state index contributed by atoms with van der Waals surface area (Å²) in [5.41, 5.74) is 0.417. The molecular formula is C10H8BrN3OS. The fraction of sp³-hybridized carbons (Fsp3) is 0.100. The number of nitrogens with zero attached hydrogens (tertiary/aromatic N) is 2. The third kappa shape index (κ3) is 2.45. The minimum atomic E-state index is -0.247. The molecule has 0 bridgehead atoms. The van der Waals surface area contributed by atoms with Crippen LogP contribution in [0.5, 0.6) is 0 Å². The van der Waals surface area contributed by atoms with Crippen LogP contribution in [0.2, 0.25) is 0 Å². The third-order valence-electron chi connectivity index (χ3n) is 1.84. The highest BCUT2D eigenvalue weighted by Crippen LogP contribution is 2.19. The van der Waals surface area contributed by atoms with Crippen LogP contribution in [0.1, 0.15) is 15.5 Å². The van der Waals surface area contributed by atoms with Gasteiger partial charge in [-0.3, -0.25) is 4.79 Å². The van der Waals surface area contributed by atoms with Gasteiger partial charge in [0.2, 0.25) is 0 Å². The molecule has 0 aromatic carbocycles. The molecule has 6 heteroatoms. The molecule has 16 heavy (non-hydrogen) atoms. The minimum Gasteiger partial charge on any atom is -0.304 e. The van der Waals surface area contributed by atoms with Crippen molar-refractivity contribution < 1.29 is 4.79 Å². The summed E-state index contributed by atoms with van der Waals surface area (Å²) >= 11 is 4.75. The van der Waals surface area contributed by atoms with E-state index in [1.54, 1.807) is 17.6 Å². The fourth-order valence-corrected chi connectivity index (χ4v) is 2.06. The Hall–Kier alpha value is -1.27. The van der Waals surface area contributed by atoms with Gasteiger partial charge in [-0.25, -0.2) is 9.97 Å². The van der Waals surface area contributed by atoms with Crippen LogP contribution >= 0.6 is 27.3 Å². The van der Waals surface area contributed by atoms with Crippen molar-refractivity contribution in [3.8, 4) is 0 Å². The van der Waals surface area contributed by atoms with E-state index in [1.165, 1.54) is 11.3 Å². The summed E-state index contributed by atoms with van der Waals surface area (Å²) in [6.45, 7) is 1.86. The standard InChI is InChI=1S/C10H8BrN3OS/c1-6-13-8(5-16-6)10(15)14-9-7(11)3-2-4-12-9/h2-5H,1H3,(H,12,14,15). The van der Waals surface area contributed by atoms with Crippen LogP contribution in [0, 0.1) is 6.92 Å². The largest absolute Gasteiger partial charge is 0.304 e. The number of hydrogen-bond acceptors (Lipinski definition) is 4. The average Bonchev–Trinajstić information content (AvgIpc) is 2.68. The molecular weight excluding hydrogens is 290 g/mol. The highest BCUT2D eigenvalue weighted by atomic mass is 79.9. The summed E-state index contributed by atoms with van der Waals surface area (Å²) in [6.07, 6.45) is 1.62. The molecule has 0 aliphatic rings. The summed E-state index contributed by atoms with van der Waals surface area (Å²) in [5.74, 6) is 0.252. The Kier molecular flexibility index (Phi) is 3.31. The Morgan fingerprint density at radius 2 is 2.38 bits per heavy atom. The maximum absolute atomic E-state index is 11.8. The summed E-state index contributed by atoms with van der Waals surface area (Å²) in [7, 11) is 0. The lowest BCUT2D eigenvalue weighted by atomic mass is 10.4. The molecule has 1 amide bonds. The summed E-state index contributed by atoms with van der Waals surface area (Å²) in [6, 6.07) is 3.60. The number of carbonyl (C=O) groups is 1. The van der Waals surface area contributed by atoms with E-state index in [9.17, 15) is 4.79 Å². The van der Waals surface area contributed by atoms with E-state index in [1.807, 2.05) is 13.0 Å². The SMILES string of the molecule is Cc1nc(C(=O)Nc2ncccc2Br)cs1. The number of thiazole rings is 1. The Morgan fingerprint density at radius 1 is 1.56 bits per heavy atom. The highest BCUT2D eigenvalue weighted by Gasteiger charge is 2.11. The molecule has 0 spiro atoms. The van der Waals surface area contributed by atoms with Gasteiger partial charge in [-0.15, -0.1) is 11.3 Å². The van der Waals surface area contributed by atoms with Crippen molar-refractivity contribution >= 4 is 39.0 Å². The van der Waals surface area contributed by atoms with Crippen molar-refractivity contribution in [1.82, 2.24) is 9.97 Å². The molecule has 0 atom stereocenters. The molecule has 2 rings (SSSR count). The van der Waals surface area contributed by atoms with Gasteiger partial charge in [0.25, 0.3) is 5.91 Å². The number of halogens is 1. The third-order valence-corrected chi connectivity index (χ3v) is 3.26. The van der Waals surface area contributed by atoms with Crippen LogP contribution in [0.3, 0.4) is 0 Å². The number of amides is 1. The Balaban J connectivity index is 2.17. The van der Waals surface area contributed by atoms with Crippen LogP contribution < -0.4 is 5.32 Å². The molecule has 1 N–H and O–H groups in total. The zero-order valence-electron chi connectivity index (χ0n) is 8.40. The number of aromatic nitrogens is 2. The van der Waals surface area contributed by atoms with E-state index < -0.39 is 0 Å². The molecule has 0 aliphatic heterocycles. The second-order valence-corrected chi connectivity index (χ2v) is 4.96. The Morgan fingerprint density at radius 3 is 3.00 bits per heavy atom. The first-order valence-electron chi connectivity index (χ1n) is 4.51. The van der Waals surface area contributed by atoms with Crippen molar-refractivity contribution in [2.45, 2.75) is 6.92 Å². The lowest BCUT2D eigenvalue weighted by Gasteiger charge is -2.03. The quantitative estimate of drug-likeness (QED) is 0.927. The van der Waals surface area contributed by atoms with E-state index >= 15 is 0 Å². The number of rotatable bonds is 2. The topological polar surface area (TPSA) is 54.9 Å². The maximum atomic E-state index is 11.8. The zero-order chi connectivity index (χ0) is 11.5. The summed E-state index contributed by atoms with van der Waals surface area (Å²) < 4.78 is 0.746. The molecule has 0 fully saturated rings. The molecule has 2 aromatic rings. The van der Waals surface area contributed by atoms with Crippen molar-refractivity contribution in [3.05, 3.63) is 38.9 Å². The van der Waals surface area contributed by atoms with Gasteiger partial charge in [0.15, 0.2) is 0 Å². The van der Waals surface area contributed by atoms with E-state index in [2.05, 4.69) is 31.2 Å². The second kappa shape index (κ2) is 4.71. The monoisotopic (exact) mass is 297 g/mol. The number of hydrogen-bond donors (Lipinski definition) is 1.